The normalized spacial score (nSPS) is 25.9. The second kappa shape index (κ2) is 3.66. The first kappa shape index (κ1) is 10.5. The van der Waals surface area contributed by atoms with Crippen LogP contribution in [0.5, 0.6) is 0 Å². The summed E-state index contributed by atoms with van der Waals surface area (Å²) in [5.74, 6) is 0.247. The third kappa shape index (κ3) is 2.21. The van der Waals surface area contributed by atoms with Crippen LogP contribution in [0.15, 0.2) is 0 Å². The monoisotopic (exact) mass is 184 g/mol. The lowest BCUT2D eigenvalue weighted by molar-refractivity contribution is -0.129. The minimum absolute atomic E-state index is 0.173. The van der Waals surface area contributed by atoms with Crippen LogP contribution in [0.25, 0.3) is 0 Å². The number of hydrogen-bond acceptors (Lipinski definition) is 2. The number of carbonyl (C=O) groups excluding carboxylic acids is 1. The minimum Gasteiger partial charge on any atom is -0.369 e. The Kier molecular flexibility index (Phi) is 2.96. The van der Waals surface area contributed by atoms with Gasteiger partial charge in [0.2, 0.25) is 5.91 Å². The number of piperidine rings is 1. The van der Waals surface area contributed by atoms with Gasteiger partial charge in [-0.3, -0.25) is 4.79 Å². The topological polar surface area (TPSA) is 46.3 Å². The van der Waals surface area contributed by atoms with Gasteiger partial charge in [0.05, 0.1) is 0 Å². The van der Waals surface area contributed by atoms with Crippen LogP contribution in [0.1, 0.15) is 26.7 Å². The third-order valence-electron chi connectivity index (χ3n) is 3.28. The Balaban J connectivity index is 2.64. The maximum absolute atomic E-state index is 11.2. The highest BCUT2D eigenvalue weighted by Gasteiger charge is 2.36. The lowest BCUT2D eigenvalue weighted by Gasteiger charge is -2.38. The van der Waals surface area contributed by atoms with Crippen molar-refractivity contribution in [3.05, 3.63) is 0 Å². The Hall–Kier alpha value is -0.570. The predicted molar refractivity (Wildman–Crippen MR) is 53.2 cm³/mol. The smallest absolute Gasteiger partial charge is 0.223 e. The van der Waals surface area contributed by atoms with Crippen molar-refractivity contribution in [3.63, 3.8) is 0 Å². The van der Waals surface area contributed by atoms with Crippen molar-refractivity contribution in [2.24, 2.45) is 17.1 Å². The summed E-state index contributed by atoms with van der Waals surface area (Å²) in [6.07, 6.45) is 2.30. The molecule has 1 amide bonds. The summed E-state index contributed by atoms with van der Waals surface area (Å²) < 4.78 is 0. The van der Waals surface area contributed by atoms with Gasteiger partial charge in [0, 0.05) is 12.0 Å². The summed E-state index contributed by atoms with van der Waals surface area (Å²) in [6, 6.07) is 0. The van der Waals surface area contributed by atoms with E-state index >= 15 is 0 Å². The summed E-state index contributed by atoms with van der Waals surface area (Å²) >= 11 is 0. The van der Waals surface area contributed by atoms with E-state index in [-0.39, 0.29) is 11.3 Å². The largest absolute Gasteiger partial charge is 0.369 e. The van der Waals surface area contributed by atoms with Gasteiger partial charge in [0.25, 0.3) is 0 Å². The molecule has 1 aliphatic rings. The summed E-state index contributed by atoms with van der Waals surface area (Å²) in [7, 11) is 2.10. The molecule has 0 spiro atoms. The second-order valence-electron chi connectivity index (χ2n) is 4.69. The lowest BCUT2D eigenvalue weighted by Crippen LogP contribution is -2.45. The molecule has 0 unspecified atom stereocenters. The number of rotatable bonds is 2. The number of primary amides is 1. The molecule has 76 valence electrons. The molecule has 1 fully saturated rings. The molecule has 0 bridgehead atoms. The Labute approximate surface area is 80.3 Å². The molecule has 0 aromatic heterocycles. The number of carbonyl (C=O) groups is 1. The quantitative estimate of drug-likeness (QED) is 0.691. The van der Waals surface area contributed by atoms with Crippen LogP contribution in [0, 0.1) is 11.3 Å². The Morgan fingerprint density at radius 3 is 2.62 bits per heavy atom. The number of amides is 1. The molecule has 0 aliphatic carbocycles. The van der Waals surface area contributed by atoms with Crippen molar-refractivity contribution in [3.8, 4) is 0 Å². The fourth-order valence-corrected chi connectivity index (χ4v) is 1.96. The zero-order chi connectivity index (χ0) is 10.1. The molecule has 1 atom stereocenters. The fraction of sp³-hybridized carbons (Fsp3) is 0.900. The minimum atomic E-state index is -0.352. The molecule has 3 nitrogen and oxygen atoms in total. The number of nitrogens with two attached hydrogens (primary N) is 1. The molecule has 1 aliphatic heterocycles. The van der Waals surface area contributed by atoms with Gasteiger partial charge in [-0.15, -0.1) is 0 Å². The summed E-state index contributed by atoms with van der Waals surface area (Å²) in [5.41, 5.74) is 5.04. The molecule has 0 aromatic carbocycles. The van der Waals surface area contributed by atoms with Gasteiger partial charge in [-0.25, -0.2) is 0 Å². The maximum Gasteiger partial charge on any atom is 0.223 e. The fourth-order valence-electron chi connectivity index (χ4n) is 1.96. The Bertz CT molecular complexity index is 201. The van der Waals surface area contributed by atoms with E-state index in [1.54, 1.807) is 0 Å². The number of hydrogen-bond donors (Lipinski definition) is 1. The van der Waals surface area contributed by atoms with E-state index in [0.717, 1.165) is 19.5 Å². The molecule has 1 heterocycles. The lowest BCUT2D eigenvalue weighted by atomic mass is 9.74. The van der Waals surface area contributed by atoms with Gasteiger partial charge >= 0.3 is 0 Å². The average molecular weight is 184 g/mol. The second-order valence-corrected chi connectivity index (χ2v) is 4.69. The molecule has 1 rings (SSSR count). The van der Waals surface area contributed by atoms with Gasteiger partial charge in [-0.05, 0) is 32.4 Å². The van der Waals surface area contributed by atoms with E-state index < -0.39 is 0 Å². The van der Waals surface area contributed by atoms with Crippen LogP contribution in [-0.4, -0.2) is 30.9 Å². The van der Waals surface area contributed by atoms with Crippen molar-refractivity contribution in [2.75, 3.05) is 20.1 Å². The van der Waals surface area contributed by atoms with Crippen molar-refractivity contribution < 1.29 is 4.79 Å². The zero-order valence-corrected chi connectivity index (χ0v) is 8.84. The number of nitrogens with zero attached hydrogens (tertiary/aromatic N) is 1. The van der Waals surface area contributed by atoms with Gasteiger partial charge < -0.3 is 10.6 Å². The molecule has 1 saturated heterocycles. The SMILES string of the molecule is CN1CCC[C@@H](C(C)(C)C(N)=O)C1. The predicted octanol–water partition coefficient (Wildman–Crippen LogP) is 0.840. The van der Waals surface area contributed by atoms with Crippen LogP contribution in [0.2, 0.25) is 0 Å². The highest BCUT2D eigenvalue weighted by Crippen LogP contribution is 2.32. The van der Waals surface area contributed by atoms with E-state index in [4.69, 9.17) is 5.73 Å². The Morgan fingerprint density at radius 2 is 2.15 bits per heavy atom. The van der Waals surface area contributed by atoms with Crippen molar-refractivity contribution in [2.45, 2.75) is 26.7 Å². The molecule has 0 aromatic rings. The molecular weight excluding hydrogens is 164 g/mol. The van der Waals surface area contributed by atoms with Crippen molar-refractivity contribution in [1.29, 1.82) is 0 Å². The van der Waals surface area contributed by atoms with Gasteiger partial charge in [0.1, 0.15) is 0 Å². The first-order chi connectivity index (χ1) is 5.94. The van der Waals surface area contributed by atoms with Crippen LogP contribution in [0.3, 0.4) is 0 Å². The van der Waals surface area contributed by atoms with Crippen LogP contribution < -0.4 is 5.73 Å². The molecule has 3 heteroatoms. The molecule has 0 saturated carbocycles. The van der Waals surface area contributed by atoms with Gasteiger partial charge in [-0.2, -0.15) is 0 Å². The molecule has 2 N–H and O–H groups in total. The molecular formula is C10H20N2O. The third-order valence-corrected chi connectivity index (χ3v) is 3.28. The molecule has 13 heavy (non-hydrogen) atoms. The van der Waals surface area contributed by atoms with E-state index in [1.165, 1.54) is 6.42 Å². The van der Waals surface area contributed by atoms with Crippen LogP contribution in [0.4, 0.5) is 0 Å². The standard InChI is InChI=1S/C10H20N2O/c1-10(2,9(11)13)8-5-4-6-12(3)7-8/h8H,4-7H2,1-3H3,(H2,11,13)/t8-/m1/s1. The average Bonchev–Trinajstić information content (AvgIpc) is 2.04. The number of likely N-dealkylation sites (tertiary alicyclic amines) is 1. The maximum atomic E-state index is 11.2. The zero-order valence-electron chi connectivity index (χ0n) is 8.84. The van der Waals surface area contributed by atoms with E-state index in [0.29, 0.717) is 5.92 Å². The summed E-state index contributed by atoms with van der Waals surface area (Å²) in [4.78, 5) is 13.5. The highest BCUT2D eigenvalue weighted by atomic mass is 16.1. The van der Waals surface area contributed by atoms with Crippen molar-refractivity contribution in [1.82, 2.24) is 4.90 Å². The Morgan fingerprint density at radius 1 is 1.54 bits per heavy atom. The first-order valence-electron chi connectivity index (χ1n) is 4.93. The summed E-state index contributed by atoms with van der Waals surface area (Å²) in [6.45, 7) is 6.06. The highest BCUT2D eigenvalue weighted by molar-refractivity contribution is 5.80. The first-order valence-corrected chi connectivity index (χ1v) is 4.93. The van der Waals surface area contributed by atoms with Crippen LogP contribution >= 0.6 is 0 Å². The van der Waals surface area contributed by atoms with Gasteiger partial charge in [-0.1, -0.05) is 13.8 Å². The van der Waals surface area contributed by atoms with E-state index in [2.05, 4.69) is 11.9 Å². The van der Waals surface area contributed by atoms with Gasteiger partial charge in [0.15, 0.2) is 0 Å². The summed E-state index contributed by atoms with van der Waals surface area (Å²) in [5, 5.41) is 0. The van der Waals surface area contributed by atoms with Crippen molar-refractivity contribution >= 4 is 5.91 Å². The molecule has 0 radical (unpaired) electrons. The van der Waals surface area contributed by atoms with Crippen LogP contribution in [-0.2, 0) is 4.79 Å². The van der Waals surface area contributed by atoms with E-state index in [9.17, 15) is 4.79 Å². The van der Waals surface area contributed by atoms with E-state index in [1.807, 2.05) is 13.8 Å².